The van der Waals surface area contributed by atoms with Gasteiger partial charge in [0.05, 0.1) is 17.5 Å². The second kappa shape index (κ2) is 7.59. The number of anilines is 2. The number of nitrogens with zero attached hydrogens (tertiary/aromatic N) is 2. The quantitative estimate of drug-likeness (QED) is 0.612. The summed E-state index contributed by atoms with van der Waals surface area (Å²) in [6.45, 7) is 2.20. The third kappa shape index (κ3) is 4.75. The van der Waals surface area contributed by atoms with Crippen LogP contribution in [0.5, 0.6) is 0 Å². The zero-order chi connectivity index (χ0) is 17.7. The van der Waals surface area contributed by atoms with Gasteiger partial charge in [-0.2, -0.15) is 18.3 Å². The fraction of sp³-hybridized carbons (Fsp3) is 0.316. The van der Waals surface area contributed by atoms with Crippen molar-refractivity contribution in [3.8, 4) is 0 Å². The molecule has 25 heavy (non-hydrogen) atoms. The zero-order valence-corrected chi connectivity index (χ0v) is 13.8. The highest BCUT2D eigenvalue weighted by molar-refractivity contribution is 5.81. The van der Waals surface area contributed by atoms with Crippen molar-refractivity contribution in [3.63, 3.8) is 0 Å². The highest BCUT2D eigenvalue weighted by Gasteiger charge is 2.29. The van der Waals surface area contributed by atoms with Gasteiger partial charge in [0.2, 0.25) is 0 Å². The highest BCUT2D eigenvalue weighted by Crippen LogP contribution is 2.29. The molecule has 1 N–H and O–H groups in total. The number of benzene rings is 2. The van der Waals surface area contributed by atoms with Crippen LogP contribution in [0, 0.1) is 0 Å². The molecule has 3 nitrogen and oxygen atoms in total. The predicted molar refractivity (Wildman–Crippen MR) is 95.2 cm³/mol. The van der Waals surface area contributed by atoms with Gasteiger partial charge in [-0.05, 0) is 61.2 Å². The minimum Gasteiger partial charge on any atom is -0.372 e. The van der Waals surface area contributed by atoms with Gasteiger partial charge in [0.25, 0.3) is 0 Å². The van der Waals surface area contributed by atoms with E-state index in [0.29, 0.717) is 5.69 Å². The third-order valence-corrected chi connectivity index (χ3v) is 4.23. The third-order valence-electron chi connectivity index (χ3n) is 4.23. The maximum atomic E-state index is 12.5. The van der Waals surface area contributed by atoms with Crippen LogP contribution in [0.3, 0.4) is 0 Å². The zero-order valence-electron chi connectivity index (χ0n) is 13.8. The van der Waals surface area contributed by atoms with Crippen LogP contribution in [-0.4, -0.2) is 19.3 Å². The van der Waals surface area contributed by atoms with Crippen molar-refractivity contribution in [3.05, 3.63) is 59.7 Å². The predicted octanol–water partition coefficient (Wildman–Crippen LogP) is 5.14. The lowest BCUT2D eigenvalue weighted by Gasteiger charge is -2.28. The SMILES string of the molecule is FC(F)(F)c1ccc(NN=Cc2ccc(N3CCCCC3)cc2)cc1. The van der Waals surface area contributed by atoms with Crippen LogP contribution < -0.4 is 10.3 Å². The van der Waals surface area contributed by atoms with Crippen LogP contribution in [0.15, 0.2) is 53.6 Å². The monoisotopic (exact) mass is 347 g/mol. The minimum atomic E-state index is -4.32. The van der Waals surface area contributed by atoms with Crippen LogP contribution in [0.2, 0.25) is 0 Å². The molecule has 0 atom stereocenters. The van der Waals surface area contributed by atoms with E-state index in [9.17, 15) is 13.2 Å². The number of halogens is 3. The standard InChI is InChI=1S/C19H20F3N3/c20-19(21,22)16-6-8-17(9-7-16)24-23-14-15-4-10-18(11-5-15)25-12-2-1-3-13-25/h4-11,14,24H,1-3,12-13H2. The Hall–Kier alpha value is -2.50. The van der Waals surface area contributed by atoms with Crippen LogP contribution in [-0.2, 0) is 6.18 Å². The Morgan fingerprint density at radius 2 is 1.52 bits per heavy atom. The van der Waals surface area contributed by atoms with Crippen LogP contribution in [0.1, 0.15) is 30.4 Å². The molecule has 1 heterocycles. The van der Waals surface area contributed by atoms with Crippen molar-refractivity contribution in [2.45, 2.75) is 25.4 Å². The molecule has 0 unspecified atom stereocenters. The van der Waals surface area contributed by atoms with E-state index >= 15 is 0 Å². The van der Waals surface area contributed by atoms with E-state index in [0.717, 1.165) is 30.8 Å². The minimum absolute atomic E-state index is 0.509. The summed E-state index contributed by atoms with van der Waals surface area (Å²) in [5.41, 5.74) is 4.73. The van der Waals surface area contributed by atoms with Crippen molar-refractivity contribution in [2.24, 2.45) is 5.10 Å². The number of hydrazone groups is 1. The summed E-state index contributed by atoms with van der Waals surface area (Å²) in [5, 5.41) is 4.08. The molecular weight excluding hydrogens is 327 g/mol. The lowest BCUT2D eigenvalue weighted by Crippen LogP contribution is -2.29. The van der Waals surface area contributed by atoms with Crippen molar-refractivity contribution in [2.75, 3.05) is 23.4 Å². The van der Waals surface area contributed by atoms with E-state index in [-0.39, 0.29) is 0 Å². The molecule has 0 radical (unpaired) electrons. The number of piperidine rings is 1. The van der Waals surface area contributed by atoms with Gasteiger partial charge in [0.15, 0.2) is 0 Å². The van der Waals surface area contributed by atoms with Crippen molar-refractivity contribution < 1.29 is 13.2 Å². The fourth-order valence-electron chi connectivity index (χ4n) is 2.84. The molecule has 132 valence electrons. The molecule has 0 aliphatic carbocycles. The fourth-order valence-corrected chi connectivity index (χ4v) is 2.84. The molecule has 2 aromatic rings. The van der Waals surface area contributed by atoms with Gasteiger partial charge in [-0.1, -0.05) is 12.1 Å². The topological polar surface area (TPSA) is 27.6 Å². The van der Waals surface area contributed by atoms with E-state index < -0.39 is 11.7 Å². The average Bonchev–Trinajstić information content (AvgIpc) is 2.63. The molecule has 0 bridgehead atoms. The van der Waals surface area contributed by atoms with Gasteiger partial charge < -0.3 is 4.90 Å². The smallest absolute Gasteiger partial charge is 0.372 e. The molecule has 6 heteroatoms. The van der Waals surface area contributed by atoms with E-state index in [1.165, 1.54) is 37.1 Å². The van der Waals surface area contributed by atoms with Crippen LogP contribution in [0.4, 0.5) is 24.5 Å². The highest BCUT2D eigenvalue weighted by atomic mass is 19.4. The first-order chi connectivity index (χ1) is 12.0. The Morgan fingerprint density at radius 3 is 2.12 bits per heavy atom. The molecule has 0 amide bonds. The number of nitrogens with one attached hydrogen (secondary N) is 1. The molecule has 1 fully saturated rings. The Labute approximate surface area is 145 Å². The number of hydrogen-bond donors (Lipinski definition) is 1. The maximum absolute atomic E-state index is 12.5. The van der Waals surface area contributed by atoms with Gasteiger partial charge in [-0.15, -0.1) is 0 Å². The summed E-state index contributed by atoms with van der Waals surface area (Å²) in [6, 6.07) is 12.9. The summed E-state index contributed by atoms with van der Waals surface area (Å²) in [4.78, 5) is 2.38. The van der Waals surface area contributed by atoms with E-state index in [4.69, 9.17) is 0 Å². The number of rotatable bonds is 4. The molecule has 1 aliphatic heterocycles. The number of alkyl halides is 3. The summed E-state index contributed by atoms with van der Waals surface area (Å²) < 4.78 is 37.5. The van der Waals surface area contributed by atoms with Gasteiger partial charge in [0.1, 0.15) is 0 Å². The maximum Gasteiger partial charge on any atom is 0.416 e. The molecule has 1 aliphatic rings. The molecule has 1 saturated heterocycles. The first-order valence-electron chi connectivity index (χ1n) is 8.34. The van der Waals surface area contributed by atoms with Gasteiger partial charge in [-0.25, -0.2) is 0 Å². The van der Waals surface area contributed by atoms with E-state index in [2.05, 4.69) is 27.6 Å². The Balaban J connectivity index is 1.57. The largest absolute Gasteiger partial charge is 0.416 e. The van der Waals surface area contributed by atoms with E-state index in [1.54, 1.807) is 6.21 Å². The van der Waals surface area contributed by atoms with Gasteiger partial charge in [0, 0.05) is 18.8 Å². The Morgan fingerprint density at radius 1 is 0.880 bits per heavy atom. The number of hydrogen-bond acceptors (Lipinski definition) is 3. The molecular formula is C19H20F3N3. The van der Waals surface area contributed by atoms with Crippen LogP contribution in [0.25, 0.3) is 0 Å². The van der Waals surface area contributed by atoms with Gasteiger partial charge in [-0.3, -0.25) is 5.43 Å². The molecule has 0 saturated carbocycles. The second-order valence-electron chi connectivity index (χ2n) is 6.08. The van der Waals surface area contributed by atoms with Gasteiger partial charge >= 0.3 is 6.18 Å². The molecule has 0 spiro atoms. The van der Waals surface area contributed by atoms with Crippen LogP contribution >= 0.6 is 0 Å². The first-order valence-corrected chi connectivity index (χ1v) is 8.34. The first kappa shape index (κ1) is 17.3. The normalized spacial score (nSPS) is 15.6. The van der Waals surface area contributed by atoms with Crippen molar-refractivity contribution >= 4 is 17.6 Å². The summed E-state index contributed by atoms with van der Waals surface area (Å²) in [5.74, 6) is 0. The Bertz CT molecular complexity index is 700. The molecule has 3 rings (SSSR count). The van der Waals surface area contributed by atoms with Crippen molar-refractivity contribution in [1.82, 2.24) is 0 Å². The summed E-state index contributed by atoms with van der Waals surface area (Å²) in [6.07, 6.45) is 1.10. The van der Waals surface area contributed by atoms with Crippen molar-refractivity contribution in [1.29, 1.82) is 0 Å². The summed E-state index contributed by atoms with van der Waals surface area (Å²) >= 11 is 0. The average molecular weight is 347 g/mol. The molecule has 0 aromatic heterocycles. The Kier molecular flexibility index (Phi) is 5.26. The molecule has 2 aromatic carbocycles. The summed E-state index contributed by atoms with van der Waals surface area (Å²) in [7, 11) is 0. The second-order valence-corrected chi connectivity index (χ2v) is 6.08. The lowest BCUT2D eigenvalue weighted by atomic mass is 10.1. The van der Waals surface area contributed by atoms with E-state index in [1.807, 2.05) is 12.1 Å². The lowest BCUT2D eigenvalue weighted by molar-refractivity contribution is -0.137.